The largest absolute Gasteiger partial charge is 0.472 e. The summed E-state index contributed by atoms with van der Waals surface area (Å²) in [6.45, 7) is 2.33. The summed E-state index contributed by atoms with van der Waals surface area (Å²) in [4.78, 5) is 19.0. The van der Waals surface area contributed by atoms with Crippen LogP contribution in [0.1, 0.15) is 16.1 Å². The third-order valence-corrected chi connectivity index (χ3v) is 3.64. The minimum Gasteiger partial charge on any atom is -0.472 e. The summed E-state index contributed by atoms with van der Waals surface area (Å²) >= 11 is 0. The standard InChI is InChI=1S/C17H19N5O3/c1-11-17(21-25-20-11)24-9-8-18-16(23)13-10-15(22(2)3)19-14-7-5-4-6-12(13)14/h4-7,10H,8-9H2,1-3H3,(H,18,23). The molecule has 0 aliphatic rings. The van der Waals surface area contributed by atoms with Gasteiger partial charge in [0.2, 0.25) is 0 Å². The van der Waals surface area contributed by atoms with Gasteiger partial charge in [0.25, 0.3) is 11.8 Å². The highest BCUT2D eigenvalue weighted by atomic mass is 16.6. The number of nitrogens with zero attached hydrogens (tertiary/aromatic N) is 4. The van der Waals surface area contributed by atoms with Crippen molar-refractivity contribution in [3.63, 3.8) is 0 Å². The molecule has 2 aromatic heterocycles. The van der Waals surface area contributed by atoms with E-state index in [4.69, 9.17) is 4.74 Å². The van der Waals surface area contributed by atoms with Crippen LogP contribution in [0, 0.1) is 6.92 Å². The average Bonchev–Trinajstić information content (AvgIpc) is 3.02. The van der Waals surface area contributed by atoms with E-state index >= 15 is 0 Å². The van der Waals surface area contributed by atoms with Gasteiger partial charge in [-0.05, 0) is 24.2 Å². The van der Waals surface area contributed by atoms with Crippen LogP contribution in [0.4, 0.5) is 5.82 Å². The zero-order valence-corrected chi connectivity index (χ0v) is 14.3. The number of ether oxygens (including phenoxy) is 1. The molecule has 1 aromatic carbocycles. The van der Waals surface area contributed by atoms with Crippen LogP contribution in [-0.2, 0) is 0 Å². The number of amides is 1. The summed E-state index contributed by atoms with van der Waals surface area (Å²) in [6, 6.07) is 9.35. The molecular formula is C17H19N5O3. The number of nitrogens with one attached hydrogen (secondary N) is 1. The Morgan fingerprint density at radius 3 is 2.80 bits per heavy atom. The number of carbonyl (C=O) groups is 1. The summed E-state index contributed by atoms with van der Waals surface area (Å²) in [5, 5.41) is 10.9. The lowest BCUT2D eigenvalue weighted by molar-refractivity contribution is 0.0948. The fourth-order valence-corrected chi connectivity index (χ4v) is 2.34. The molecule has 0 radical (unpaired) electrons. The fourth-order valence-electron chi connectivity index (χ4n) is 2.34. The summed E-state index contributed by atoms with van der Waals surface area (Å²) in [7, 11) is 3.78. The number of aromatic nitrogens is 3. The Labute approximate surface area is 144 Å². The molecule has 3 rings (SSSR count). The maximum atomic E-state index is 12.6. The Bertz CT molecular complexity index is 891. The molecule has 2 heterocycles. The third kappa shape index (κ3) is 3.68. The van der Waals surface area contributed by atoms with Crippen molar-refractivity contribution in [1.82, 2.24) is 20.6 Å². The lowest BCUT2D eigenvalue weighted by Crippen LogP contribution is -2.28. The van der Waals surface area contributed by atoms with Gasteiger partial charge in [0, 0.05) is 19.5 Å². The van der Waals surface area contributed by atoms with Crippen molar-refractivity contribution in [2.75, 3.05) is 32.1 Å². The summed E-state index contributed by atoms with van der Waals surface area (Å²) < 4.78 is 9.96. The summed E-state index contributed by atoms with van der Waals surface area (Å²) in [5.41, 5.74) is 1.93. The maximum Gasteiger partial charge on any atom is 0.278 e. The molecular weight excluding hydrogens is 322 g/mol. The van der Waals surface area contributed by atoms with Crippen LogP contribution in [0.2, 0.25) is 0 Å². The lowest BCUT2D eigenvalue weighted by Gasteiger charge is -2.15. The Morgan fingerprint density at radius 1 is 1.28 bits per heavy atom. The number of rotatable bonds is 6. The average molecular weight is 341 g/mol. The Hall–Kier alpha value is -3.16. The predicted octanol–water partition coefficient (Wildman–Crippen LogP) is 1.80. The van der Waals surface area contributed by atoms with Crippen LogP contribution in [0.3, 0.4) is 0 Å². The Balaban J connectivity index is 1.72. The number of carbonyl (C=O) groups excluding carboxylic acids is 1. The monoisotopic (exact) mass is 341 g/mol. The van der Waals surface area contributed by atoms with E-state index in [2.05, 4.69) is 25.2 Å². The van der Waals surface area contributed by atoms with Gasteiger partial charge < -0.3 is 15.0 Å². The van der Waals surface area contributed by atoms with Crippen LogP contribution in [0.15, 0.2) is 35.0 Å². The normalized spacial score (nSPS) is 10.7. The highest BCUT2D eigenvalue weighted by Crippen LogP contribution is 2.22. The minimum absolute atomic E-state index is 0.180. The second-order valence-electron chi connectivity index (χ2n) is 5.70. The molecule has 130 valence electrons. The van der Waals surface area contributed by atoms with Crippen LogP contribution in [0.5, 0.6) is 5.88 Å². The second kappa shape index (κ2) is 7.16. The Kier molecular flexibility index (Phi) is 4.78. The lowest BCUT2D eigenvalue weighted by atomic mass is 10.1. The van der Waals surface area contributed by atoms with Crippen molar-refractivity contribution < 1.29 is 14.2 Å². The molecule has 8 nitrogen and oxygen atoms in total. The van der Waals surface area contributed by atoms with E-state index in [0.717, 1.165) is 16.7 Å². The smallest absolute Gasteiger partial charge is 0.278 e. The first-order chi connectivity index (χ1) is 12.1. The quantitative estimate of drug-likeness (QED) is 0.683. The van der Waals surface area contributed by atoms with Gasteiger partial charge in [0.1, 0.15) is 18.1 Å². The molecule has 0 saturated carbocycles. The molecule has 0 bridgehead atoms. The number of hydrogen-bond acceptors (Lipinski definition) is 7. The van der Waals surface area contributed by atoms with Gasteiger partial charge in [0.05, 0.1) is 17.6 Å². The van der Waals surface area contributed by atoms with Crippen LogP contribution in [-0.4, -0.2) is 48.5 Å². The van der Waals surface area contributed by atoms with Crippen molar-refractivity contribution in [2.24, 2.45) is 0 Å². The van der Waals surface area contributed by atoms with Crippen LogP contribution < -0.4 is 15.0 Å². The molecule has 3 aromatic rings. The number of anilines is 1. The molecule has 0 aliphatic carbocycles. The van der Waals surface area contributed by atoms with Gasteiger partial charge in [-0.15, -0.1) is 0 Å². The Morgan fingerprint density at radius 2 is 2.08 bits per heavy atom. The van der Waals surface area contributed by atoms with Crippen molar-refractivity contribution >= 4 is 22.6 Å². The van der Waals surface area contributed by atoms with Gasteiger partial charge >= 0.3 is 0 Å². The van der Waals surface area contributed by atoms with Crippen LogP contribution >= 0.6 is 0 Å². The molecule has 0 fully saturated rings. The number of benzene rings is 1. The van der Waals surface area contributed by atoms with Crippen molar-refractivity contribution in [2.45, 2.75) is 6.92 Å². The van der Waals surface area contributed by atoms with Gasteiger partial charge in [-0.25, -0.2) is 9.61 Å². The number of aryl methyl sites for hydroxylation is 1. The van der Waals surface area contributed by atoms with E-state index in [1.807, 2.05) is 43.3 Å². The highest BCUT2D eigenvalue weighted by molar-refractivity contribution is 6.07. The van der Waals surface area contributed by atoms with Crippen molar-refractivity contribution in [1.29, 1.82) is 0 Å². The topological polar surface area (TPSA) is 93.4 Å². The van der Waals surface area contributed by atoms with Gasteiger partial charge in [-0.2, -0.15) is 0 Å². The van der Waals surface area contributed by atoms with E-state index in [1.54, 1.807) is 13.0 Å². The van der Waals surface area contributed by atoms with Gasteiger partial charge in [0.15, 0.2) is 0 Å². The number of para-hydroxylation sites is 1. The zero-order valence-electron chi connectivity index (χ0n) is 14.3. The molecule has 0 aliphatic heterocycles. The zero-order chi connectivity index (χ0) is 17.8. The van der Waals surface area contributed by atoms with E-state index in [-0.39, 0.29) is 12.5 Å². The van der Waals surface area contributed by atoms with Crippen LogP contribution in [0.25, 0.3) is 10.9 Å². The number of pyridine rings is 1. The fraction of sp³-hybridized carbons (Fsp3) is 0.294. The van der Waals surface area contributed by atoms with E-state index in [9.17, 15) is 4.79 Å². The molecule has 1 N–H and O–H groups in total. The number of fused-ring (bicyclic) bond motifs is 1. The van der Waals surface area contributed by atoms with Gasteiger partial charge in [-0.3, -0.25) is 4.79 Å². The first-order valence-corrected chi connectivity index (χ1v) is 7.83. The molecule has 8 heteroatoms. The summed E-state index contributed by atoms with van der Waals surface area (Å²) in [6.07, 6.45) is 0. The van der Waals surface area contributed by atoms with Gasteiger partial charge in [-0.1, -0.05) is 23.4 Å². The van der Waals surface area contributed by atoms with Crippen molar-refractivity contribution in [3.05, 3.63) is 41.6 Å². The van der Waals surface area contributed by atoms with Crippen molar-refractivity contribution in [3.8, 4) is 5.88 Å². The first-order valence-electron chi connectivity index (χ1n) is 7.83. The van der Waals surface area contributed by atoms with E-state index < -0.39 is 0 Å². The molecule has 0 unspecified atom stereocenters. The third-order valence-electron chi connectivity index (χ3n) is 3.64. The first kappa shape index (κ1) is 16.7. The molecule has 1 amide bonds. The van der Waals surface area contributed by atoms with E-state index in [0.29, 0.717) is 23.7 Å². The molecule has 0 atom stereocenters. The molecule has 0 spiro atoms. The molecule has 25 heavy (non-hydrogen) atoms. The number of hydrogen-bond donors (Lipinski definition) is 1. The van der Waals surface area contributed by atoms with E-state index in [1.165, 1.54) is 0 Å². The summed E-state index contributed by atoms with van der Waals surface area (Å²) in [5.74, 6) is 0.878. The second-order valence-corrected chi connectivity index (χ2v) is 5.70. The SMILES string of the molecule is Cc1nonc1OCCNC(=O)c1cc(N(C)C)nc2ccccc12. The molecule has 0 saturated heterocycles. The maximum absolute atomic E-state index is 12.6. The minimum atomic E-state index is -0.180. The highest BCUT2D eigenvalue weighted by Gasteiger charge is 2.14. The predicted molar refractivity (Wildman–Crippen MR) is 92.9 cm³/mol.